The summed E-state index contributed by atoms with van der Waals surface area (Å²) in [5, 5.41) is 3.19. The predicted octanol–water partition coefficient (Wildman–Crippen LogP) is 5.11. The molecule has 0 spiro atoms. The Labute approximate surface area is 240 Å². The Balaban J connectivity index is 1.79. The van der Waals surface area contributed by atoms with Gasteiger partial charge in [0.2, 0.25) is 21.8 Å². The lowest BCUT2D eigenvalue weighted by Gasteiger charge is -2.33. The molecule has 0 saturated heterocycles. The summed E-state index contributed by atoms with van der Waals surface area (Å²) < 4.78 is 32.1. The van der Waals surface area contributed by atoms with Crippen molar-refractivity contribution in [3.05, 3.63) is 59.2 Å². The Morgan fingerprint density at radius 1 is 1.05 bits per heavy atom. The first-order chi connectivity index (χ1) is 19.0. The van der Waals surface area contributed by atoms with Gasteiger partial charge in [0.15, 0.2) is 0 Å². The van der Waals surface area contributed by atoms with Crippen LogP contribution in [0.15, 0.2) is 42.5 Å². The van der Waals surface area contributed by atoms with Crippen LogP contribution in [0.25, 0.3) is 0 Å². The van der Waals surface area contributed by atoms with Crippen LogP contribution in [0.1, 0.15) is 75.0 Å². The van der Waals surface area contributed by atoms with Crippen molar-refractivity contribution < 1.29 is 22.7 Å². The standard InChI is InChI=1S/C31H45N3O5S/c1-6-29(31(36)32-26-13-8-7-9-14-26)33(22-25-12-10-15-28(21-25)39-4)30(35)16-11-17-34(40(5,37)38)27-19-23(2)18-24(3)20-27/h10,12,15,18-21,26,29H,6-9,11,13-14,16-17,22H2,1-5H3,(H,32,36). The highest BCUT2D eigenvalue weighted by Gasteiger charge is 2.30. The number of benzene rings is 2. The van der Waals surface area contributed by atoms with Crippen LogP contribution < -0.4 is 14.4 Å². The first kappa shape index (κ1) is 31.5. The molecular weight excluding hydrogens is 526 g/mol. The number of hydrogen-bond acceptors (Lipinski definition) is 5. The quantitative estimate of drug-likeness (QED) is 0.360. The van der Waals surface area contributed by atoms with Gasteiger partial charge in [0.1, 0.15) is 11.8 Å². The van der Waals surface area contributed by atoms with Gasteiger partial charge in [-0.1, -0.05) is 44.4 Å². The average molecular weight is 572 g/mol. The molecule has 1 aliphatic carbocycles. The van der Waals surface area contributed by atoms with Gasteiger partial charge in [0.25, 0.3) is 0 Å². The SMILES string of the molecule is CCC(C(=O)NC1CCCCC1)N(Cc1cccc(OC)c1)C(=O)CCCN(c1cc(C)cc(C)c1)S(C)(=O)=O. The summed E-state index contributed by atoms with van der Waals surface area (Å²) in [4.78, 5) is 28.8. The zero-order chi connectivity index (χ0) is 29.3. The molecule has 1 unspecified atom stereocenters. The third kappa shape index (κ3) is 8.98. The van der Waals surface area contributed by atoms with Gasteiger partial charge < -0.3 is 15.0 Å². The van der Waals surface area contributed by atoms with E-state index < -0.39 is 16.1 Å². The van der Waals surface area contributed by atoms with Gasteiger partial charge in [0.05, 0.1) is 19.1 Å². The molecule has 2 aromatic rings. The monoisotopic (exact) mass is 571 g/mol. The smallest absolute Gasteiger partial charge is 0.243 e. The van der Waals surface area contributed by atoms with E-state index >= 15 is 0 Å². The van der Waals surface area contributed by atoms with Crippen molar-refractivity contribution in [2.24, 2.45) is 0 Å². The Morgan fingerprint density at radius 3 is 2.33 bits per heavy atom. The second-order valence-corrected chi connectivity index (χ2v) is 12.8. The lowest BCUT2D eigenvalue weighted by atomic mass is 9.95. The zero-order valence-corrected chi connectivity index (χ0v) is 25.4. The Hall–Kier alpha value is -3.07. The first-order valence-corrected chi connectivity index (χ1v) is 16.2. The van der Waals surface area contributed by atoms with Gasteiger partial charge in [-0.25, -0.2) is 8.42 Å². The van der Waals surface area contributed by atoms with Crippen molar-refractivity contribution in [1.29, 1.82) is 0 Å². The number of nitrogens with zero attached hydrogens (tertiary/aromatic N) is 2. The summed E-state index contributed by atoms with van der Waals surface area (Å²) in [5.41, 5.74) is 3.40. The molecule has 0 aromatic heterocycles. The van der Waals surface area contributed by atoms with E-state index in [2.05, 4.69) is 5.32 Å². The van der Waals surface area contributed by atoms with E-state index in [0.717, 1.165) is 42.4 Å². The fourth-order valence-electron chi connectivity index (χ4n) is 5.53. The molecule has 0 aliphatic heterocycles. The fraction of sp³-hybridized carbons (Fsp3) is 0.548. The molecule has 0 radical (unpaired) electrons. The molecule has 1 N–H and O–H groups in total. The molecular formula is C31H45N3O5S. The summed E-state index contributed by atoms with van der Waals surface area (Å²) in [6.07, 6.45) is 7.43. The van der Waals surface area contributed by atoms with Crippen LogP contribution in [0, 0.1) is 13.8 Å². The minimum absolute atomic E-state index is 0.119. The lowest BCUT2D eigenvalue weighted by molar-refractivity contribution is -0.141. The number of carbonyl (C=O) groups is 2. The van der Waals surface area contributed by atoms with Crippen molar-refractivity contribution in [3.8, 4) is 5.75 Å². The third-order valence-electron chi connectivity index (χ3n) is 7.47. The molecule has 1 saturated carbocycles. The number of anilines is 1. The number of hydrogen-bond donors (Lipinski definition) is 1. The number of ether oxygens (including phenoxy) is 1. The van der Waals surface area contributed by atoms with Crippen LogP contribution in [0.4, 0.5) is 5.69 Å². The third-order valence-corrected chi connectivity index (χ3v) is 8.67. The normalized spacial score (nSPS) is 14.8. The molecule has 220 valence electrons. The molecule has 2 aromatic carbocycles. The molecule has 1 atom stereocenters. The summed E-state index contributed by atoms with van der Waals surface area (Å²) in [6, 6.07) is 12.7. The van der Waals surface area contributed by atoms with Crippen LogP contribution in [0.3, 0.4) is 0 Å². The van der Waals surface area contributed by atoms with Crippen LogP contribution in [-0.4, -0.2) is 57.1 Å². The maximum absolute atomic E-state index is 13.7. The summed E-state index contributed by atoms with van der Waals surface area (Å²) in [7, 11) is -1.95. The van der Waals surface area contributed by atoms with Gasteiger partial charge in [-0.15, -0.1) is 0 Å². The van der Waals surface area contributed by atoms with Crippen LogP contribution in [0.5, 0.6) is 5.75 Å². The second-order valence-electron chi connectivity index (χ2n) is 10.9. The van der Waals surface area contributed by atoms with Gasteiger partial charge >= 0.3 is 0 Å². The van der Waals surface area contributed by atoms with E-state index in [-0.39, 0.29) is 37.4 Å². The number of amides is 2. The van der Waals surface area contributed by atoms with E-state index in [9.17, 15) is 18.0 Å². The summed E-state index contributed by atoms with van der Waals surface area (Å²) >= 11 is 0. The molecule has 0 bridgehead atoms. The molecule has 1 fully saturated rings. The van der Waals surface area contributed by atoms with E-state index in [0.29, 0.717) is 24.3 Å². The predicted molar refractivity (Wildman–Crippen MR) is 160 cm³/mol. The van der Waals surface area contributed by atoms with E-state index in [1.165, 1.54) is 17.0 Å². The number of sulfonamides is 1. The van der Waals surface area contributed by atoms with Gasteiger partial charge in [-0.2, -0.15) is 0 Å². The molecule has 3 rings (SSSR count). The molecule has 9 heteroatoms. The zero-order valence-electron chi connectivity index (χ0n) is 24.6. The highest BCUT2D eigenvalue weighted by Crippen LogP contribution is 2.24. The number of nitrogens with one attached hydrogen (secondary N) is 1. The van der Waals surface area contributed by atoms with E-state index in [4.69, 9.17) is 4.74 Å². The minimum atomic E-state index is -3.55. The topological polar surface area (TPSA) is 96.0 Å². The summed E-state index contributed by atoms with van der Waals surface area (Å²) in [6.45, 7) is 6.22. The van der Waals surface area contributed by atoms with Crippen LogP contribution in [-0.2, 0) is 26.2 Å². The van der Waals surface area contributed by atoms with Crippen molar-refractivity contribution in [1.82, 2.24) is 10.2 Å². The number of carbonyl (C=O) groups excluding carboxylic acids is 2. The Kier molecular flexibility index (Phi) is 11.4. The maximum Gasteiger partial charge on any atom is 0.243 e. The molecule has 2 amide bonds. The highest BCUT2D eigenvalue weighted by atomic mass is 32.2. The van der Waals surface area contributed by atoms with Crippen LogP contribution >= 0.6 is 0 Å². The maximum atomic E-state index is 13.7. The van der Waals surface area contributed by atoms with Gasteiger partial charge in [0, 0.05) is 25.6 Å². The summed E-state index contributed by atoms with van der Waals surface area (Å²) in [5.74, 6) is 0.378. The highest BCUT2D eigenvalue weighted by molar-refractivity contribution is 7.92. The lowest BCUT2D eigenvalue weighted by Crippen LogP contribution is -2.51. The van der Waals surface area contributed by atoms with Crippen molar-refractivity contribution in [2.45, 2.75) is 90.8 Å². The van der Waals surface area contributed by atoms with E-state index in [1.54, 1.807) is 12.0 Å². The molecule has 0 heterocycles. The van der Waals surface area contributed by atoms with E-state index in [1.807, 2.05) is 63.2 Å². The minimum Gasteiger partial charge on any atom is -0.497 e. The molecule has 40 heavy (non-hydrogen) atoms. The molecule has 8 nitrogen and oxygen atoms in total. The van der Waals surface area contributed by atoms with Crippen molar-refractivity contribution >= 4 is 27.5 Å². The van der Waals surface area contributed by atoms with Gasteiger partial charge in [-0.05, 0) is 80.5 Å². The number of methoxy groups -OCH3 is 1. The average Bonchev–Trinajstić information content (AvgIpc) is 2.90. The number of aryl methyl sites for hydroxylation is 2. The number of rotatable bonds is 13. The first-order valence-electron chi connectivity index (χ1n) is 14.3. The molecule has 1 aliphatic rings. The van der Waals surface area contributed by atoms with Crippen molar-refractivity contribution in [2.75, 3.05) is 24.2 Å². The second kappa shape index (κ2) is 14.5. The fourth-order valence-corrected chi connectivity index (χ4v) is 6.48. The Morgan fingerprint density at radius 2 is 1.73 bits per heavy atom. The van der Waals surface area contributed by atoms with Crippen molar-refractivity contribution in [3.63, 3.8) is 0 Å². The van der Waals surface area contributed by atoms with Gasteiger partial charge in [-0.3, -0.25) is 13.9 Å². The largest absolute Gasteiger partial charge is 0.497 e. The van der Waals surface area contributed by atoms with Crippen LogP contribution in [0.2, 0.25) is 0 Å². The Bertz CT molecular complexity index is 1240.